The van der Waals surface area contributed by atoms with Crippen molar-refractivity contribution in [3.8, 4) is 0 Å². The minimum atomic E-state index is -0.400. The Kier molecular flexibility index (Phi) is 4.23. The van der Waals surface area contributed by atoms with Gasteiger partial charge in [0, 0.05) is 11.8 Å². The van der Waals surface area contributed by atoms with Crippen molar-refractivity contribution in [2.24, 2.45) is 5.10 Å². The Morgan fingerprint density at radius 3 is 2.74 bits per heavy atom. The molecule has 96 valence electrons. The van der Waals surface area contributed by atoms with Gasteiger partial charge in [0.2, 0.25) is 0 Å². The number of carbonyl (C=O) groups is 1. The fourth-order valence-electron chi connectivity index (χ4n) is 1.33. The van der Waals surface area contributed by atoms with E-state index in [9.17, 15) is 9.18 Å². The summed E-state index contributed by atoms with van der Waals surface area (Å²) in [6, 6.07) is 8.77. The highest BCUT2D eigenvalue weighted by Crippen LogP contribution is 2.02. The van der Waals surface area contributed by atoms with Crippen molar-refractivity contribution in [2.45, 2.75) is 0 Å². The quantitative estimate of drug-likeness (QED) is 0.677. The number of benzene rings is 1. The Hall–Kier alpha value is -2.69. The molecule has 0 aliphatic carbocycles. The Morgan fingerprint density at radius 2 is 2.05 bits per heavy atom. The second-order valence-corrected chi connectivity index (χ2v) is 3.60. The van der Waals surface area contributed by atoms with Crippen molar-refractivity contribution in [3.63, 3.8) is 0 Å². The van der Waals surface area contributed by atoms with Gasteiger partial charge in [-0.3, -0.25) is 4.79 Å². The number of rotatable bonds is 4. The van der Waals surface area contributed by atoms with Gasteiger partial charge in [-0.2, -0.15) is 5.10 Å². The van der Waals surface area contributed by atoms with E-state index >= 15 is 0 Å². The number of amides is 1. The molecule has 1 N–H and O–H groups in total. The molecule has 5 heteroatoms. The van der Waals surface area contributed by atoms with Crippen molar-refractivity contribution in [3.05, 3.63) is 65.9 Å². The van der Waals surface area contributed by atoms with E-state index in [4.69, 9.17) is 4.42 Å². The van der Waals surface area contributed by atoms with E-state index in [0.717, 1.165) is 0 Å². The van der Waals surface area contributed by atoms with E-state index in [1.165, 1.54) is 30.5 Å². The van der Waals surface area contributed by atoms with Crippen molar-refractivity contribution in [2.75, 3.05) is 0 Å². The first-order chi connectivity index (χ1) is 9.25. The molecular weight excluding hydrogens is 247 g/mol. The van der Waals surface area contributed by atoms with Crippen LogP contribution in [0.1, 0.15) is 16.1 Å². The molecule has 4 nitrogen and oxygen atoms in total. The predicted molar refractivity (Wildman–Crippen MR) is 70.1 cm³/mol. The fourth-order valence-corrected chi connectivity index (χ4v) is 1.33. The molecule has 0 saturated heterocycles. The lowest BCUT2D eigenvalue weighted by Crippen LogP contribution is -2.17. The van der Waals surface area contributed by atoms with E-state index in [0.29, 0.717) is 11.3 Å². The number of furan rings is 1. The molecule has 2 aromatic rings. The molecular formula is C14H11FN2O2. The molecule has 0 fully saturated rings. The molecule has 0 atom stereocenters. The van der Waals surface area contributed by atoms with Gasteiger partial charge in [0.15, 0.2) is 0 Å². The third kappa shape index (κ3) is 3.92. The number of halogens is 1. The van der Waals surface area contributed by atoms with Crippen LogP contribution >= 0.6 is 0 Å². The molecule has 0 aliphatic rings. The summed E-state index contributed by atoms with van der Waals surface area (Å²) >= 11 is 0. The molecule has 1 aromatic carbocycles. The first kappa shape index (κ1) is 12.8. The highest BCUT2D eigenvalue weighted by Gasteiger charge is 2.02. The third-order valence-electron chi connectivity index (χ3n) is 2.24. The molecule has 2 rings (SSSR count). The number of hydrazone groups is 1. The molecule has 1 amide bonds. The van der Waals surface area contributed by atoms with Crippen molar-refractivity contribution >= 4 is 18.2 Å². The summed E-state index contributed by atoms with van der Waals surface area (Å²) in [7, 11) is 0. The molecule has 1 aromatic heterocycles. The van der Waals surface area contributed by atoms with Gasteiger partial charge in [-0.25, -0.2) is 9.82 Å². The van der Waals surface area contributed by atoms with Crippen molar-refractivity contribution in [1.29, 1.82) is 0 Å². The minimum absolute atomic E-state index is 0.341. The van der Waals surface area contributed by atoms with Crippen molar-refractivity contribution < 1.29 is 13.6 Å². The maximum Gasteiger partial charge on any atom is 0.271 e. The number of allylic oxidation sites excluding steroid dienone is 1. The maximum absolute atomic E-state index is 12.7. The van der Waals surface area contributed by atoms with E-state index in [2.05, 4.69) is 10.5 Å². The summed E-state index contributed by atoms with van der Waals surface area (Å²) in [6.07, 6.45) is 6.31. The van der Waals surface area contributed by atoms with Gasteiger partial charge in [0.1, 0.15) is 11.6 Å². The van der Waals surface area contributed by atoms with Crippen LogP contribution in [0.15, 0.2) is 58.3 Å². The van der Waals surface area contributed by atoms with Gasteiger partial charge in [-0.05, 0) is 48.6 Å². The molecule has 0 aliphatic heterocycles. The average Bonchev–Trinajstić information content (AvgIpc) is 2.92. The van der Waals surface area contributed by atoms with Crippen LogP contribution in [0.25, 0.3) is 6.08 Å². The maximum atomic E-state index is 12.7. The molecule has 0 radical (unpaired) electrons. The van der Waals surface area contributed by atoms with Gasteiger partial charge < -0.3 is 4.42 Å². The van der Waals surface area contributed by atoms with Crippen LogP contribution in [-0.4, -0.2) is 12.1 Å². The van der Waals surface area contributed by atoms with Crippen LogP contribution in [0, 0.1) is 5.82 Å². The predicted octanol–water partition coefficient (Wildman–Crippen LogP) is 2.85. The summed E-state index contributed by atoms with van der Waals surface area (Å²) in [5, 5.41) is 3.72. The highest BCUT2D eigenvalue weighted by atomic mass is 19.1. The average molecular weight is 258 g/mol. The van der Waals surface area contributed by atoms with Crippen LogP contribution < -0.4 is 5.43 Å². The lowest BCUT2D eigenvalue weighted by molar-refractivity contribution is 0.0955. The Balaban J connectivity index is 1.85. The van der Waals surface area contributed by atoms with Crippen molar-refractivity contribution in [1.82, 2.24) is 5.43 Å². The van der Waals surface area contributed by atoms with Gasteiger partial charge in [0.05, 0.1) is 6.26 Å². The Labute approximate surface area is 109 Å². The lowest BCUT2D eigenvalue weighted by atomic mass is 10.2. The number of hydrogen-bond acceptors (Lipinski definition) is 3. The third-order valence-corrected chi connectivity index (χ3v) is 2.24. The summed E-state index contributed by atoms with van der Waals surface area (Å²) in [5.41, 5.74) is 2.67. The highest BCUT2D eigenvalue weighted by molar-refractivity contribution is 5.94. The molecule has 0 spiro atoms. The molecule has 0 saturated carbocycles. The SMILES string of the molecule is O=C(NN=CC=Cc1ccco1)c1ccc(F)cc1. The Morgan fingerprint density at radius 1 is 1.26 bits per heavy atom. The van der Waals surface area contributed by atoms with E-state index in [1.807, 2.05) is 0 Å². The van der Waals surface area contributed by atoms with Gasteiger partial charge in [0.25, 0.3) is 5.91 Å². The van der Waals surface area contributed by atoms with E-state index < -0.39 is 5.91 Å². The fraction of sp³-hybridized carbons (Fsp3) is 0. The smallest absolute Gasteiger partial charge is 0.271 e. The first-order valence-corrected chi connectivity index (χ1v) is 5.55. The molecule has 0 bridgehead atoms. The van der Waals surface area contributed by atoms with Gasteiger partial charge >= 0.3 is 0 Å². The largest absolute Gasteiger partial charge is 0.465 e. The van der Waals surface area contributed by atoms with Crippen LogP contribution in [-0.2, 0) is 0 Å². The van der Waals surface area contributed by atoms with Crippen LogP contribution in [0.5, 0.6) is 0 Å². The summed E-state index contributed by atoms with van der Waals surface area (Å²) < 4.78 is 17.7. The number of hydrogen-bond donors (Lipinski definition) is 1. The van der Waals surface area contributed by atoms with Gasteiger partial charge in [-0.1, -0.05) is 0 Å². The van der Waals surface area contributed by atoms with E-state index in [1.54, 1.807) is 30.5 Å². The number of nitrogens with zero attached hydrogens (tertiary/aromatic N) is 1. The summed E-state index contributed by atoms with van der Waals surface area (Å²) in [5.74, 6) is -0.0969. The Bertz CT molecular complexity index is 586. The van der Waals surface area contributed by atoms with Gasteiger partial charge in [-0.15, -0.1) is 0 Å². The topological polar surface area (TPSA) is 54.6 Å². The monoisotopic (exact) mass is 258 g/mol. The normalized spacial score (nSPS) is 11.2. The zero-order chi connectivity index (χ0) is 13.5. The standard InChI is InChI=1S/C14H11FN2O2/c15-12-7-5-11(6-8-12)14(18)17-16-9-1-3-13-4-2-10-19-13/h1-10H,(H,17,18). The van der Waals surface area contributed by atoms with E-state index in [-0.39, 0.29) is 5.82 Å². The zero-order valence-electron chi connectivity index (χ0n) is 9.92. The number of carbonyl (C=O) groups excluding carboxylic acids is 1. The summed E-state index contributed by atoms with van der Waals surface area (Å²) in [6.45, 7) is 0. The van der Waals surface area contributed by atoms with Crippen LogP contribution in [0.3, 0.4) is 0 Å². The second kappa shape index (κ2) is 6.30. The molecule has 0 unspecified atom stereocenters. The second-order valence-electron chi connectivity index (χ2n) is 3.60. The minimum Gasteiger partial charge on any atom is -0.465 e. The first-order valence-electron chi connectivity index (χ1n) is 5.55. The summed E-state index contributed by atoms with van der Waals surface area (Å²) in [4.78, 5) is 11.6. The zero-order valence-corrected chi connectivity index (χ0v) is 9.92. The molecule has 1 heterocycles. The van der Waals surface area contributed by atoms with Crippen LogP contribution in [0.4, 0.5) is 4.39 Å². The number of nitrogens with one attached hydrogen (secondary N) is 1. The lowest BCUT2D eigenvalue weighted by Gasteiger charge is -1.98. The van der Waals surface area contributed by atoms with Crippen LogP contribution in [0.2, 0.25) is 0 Å². The molecule has 19 heavy (non-hydrogen) atoms.